The number of nitrogens with one attached hydrogen (secondary N) is 1. The monoisotopic (exact) mass is 422 g/mol. The molecule has 5 rings (SSSR count). The van der Waals surface area contributed by atoms with Crippen molar-refractivity contribution in [2.75, 3.05) is 5.32 Å². The standard InChI is InChI=1S/C27H26N4O/c1-16(2)31(17(3)4)27(32)28-18-13-14-23-24(15-18)30-26-22-12-8-6-10-20(22)19-9-5-7-11-21(19)25(26)29-23/h5-17H,1-4H3,(H,28,32). The van der Waals surface area contributed by atoms with Crippen LogP contribution >= 0.6 is 0 Å². The van der Waals surface area contributed by atoms with E-state index >= 15 is 0 Å². The maximum Gasteiger partial charge on any atom is 0.322 e. The van der Waals surface area contributed by atoms with Crippen molar-refractivity contribution in [2.45, 2.75) is 39.8 Å². The van der Waals surface area contributed by atoms with E-state index in [1.165, 1.54) is 10.8 Å². The number of benzene rings is 4. The van der Waals surface area contributed by atoms with Gasteiger partial charge in [-0.25, -0.2) is 14.8 Å². The third-order valence-electron chi connectivity index (χ3n) is 5.92. The average molecular weight is 423 g/mol. The van der Waals surface area contributed by atoms with Crippen molar-refractivity contribution in [1.82, 2.24) is 14.9 Å². The molecule has 0 aliphatic heterocycles. The van der Waals surface area contributed by atoms with Gasteiger partial charge in [-0.1, -0.05) is 48.5 Å². The molecule has 1 aromatic heterocycles. The van der Waals surface area contributed by atoms with Gasteiger partial charge < -0.3 is 10.2 Å². The molecular weight excluding hydrogens is 396 g/mol. The maximum absolute atomic E-state index is 12.8. The van der Waals surface area contributed by atoms with E-state index in [1.807, 2.05) is 62.9 Å². The summed E-state index contributed by atoms with van der Waals surface area (Å²) in [7, 11) is 0. The zero-order valence-corrected chi connectivity index (χ0v) is 18.8. The second-order valence-electron chi connectivity index (χ2n) is 8.74. The first-order valence-electron chi connectivity index (χ1n) is 11.0. The molecule has 5 aromatic rings. The first-order valence-corrected chi connectivity index (χ1v) is 11.0. The molecule has 2 amide bonds. The molecule has 4 aromatic carbocycles. The Morgan fingerprint density at radius 1 is 0.719 bits per heavy atom. The van der Waals surface area contributed by atoms with Crippen molar-refractivity contribution in [3.05, 3.63) is 66.7 Å². The van der Waals surface area contributed by atoms with E-state index in [0.29, 0.717) is 5.69 Å². The second kappa shape index (κ2) is 7.75. The Kier molecular flexibility index (Phi) is 4.89. The van der Waals surface area contributed by atoms with Crippen LogP contribution in [-0.2, 0) is 0 Å². The van der Waals surface area contributed by atoms with E-state index in [-0.39, 0.29) is 18.1 Å². The number of carbonyl (C=O) groups excluding carboxylic acids is 1. The zero-order valence-electron chi connectivity index (χ0n) is 18.8. The first-order chi connectivity index (χ1) is 15.4. The van der Waals surface area contributed by atoms with Gasteiger partial charge in [0.1, 0.15) is 0 Å². The summed E-state index contributed by atoms with van der Waals surface area (Å²) in [6.07, 6.45) is 0. The highest BCUT2D eigenvalue weighted by Gasteiger charge is 2.20. The topological polar surface area (TPSA) is 58.1 Å². The van der Waals surface area contributed by atoms with Crippen molar-refractivity contribution in [3.8, 4) is 0 Å². The van der Waals surface area contributed by atoms with E-state index in [2.05, 4.69) is 41.7 Å². The maximum atomic E-state index is 12.8. The number of hydrogen-bond donors (Lipinski definition) is 1. The Labute approximate surface area is 187 Å². The number of hydrogen-bond acceptors (Lipinski definition) is 3. The van der Waals surface area contributed by atoms with Crippen LogP contribution in [0.2, 0.25) is 0 Å². The normalized spacial score (nSPS) is 11.8. The lowest BCUT2D eigenvalue weighted by Crippen LogP contribution is -2.44. The number of anilines is 1. The smallest absolute Gasteiger partial charge is 0.320 e. The van der Waals surface area contributed by atoms with Crippen LogP contribution < -0.4 is 5.32 Å². The van der Waals surface area contributed by atoms with Gasteiger partial charge in [0, 0.05) is 28.5 Å². The molecule has 0 radical (unpaired) electrons. The van der Waals surface area contributed by atoms with Gasteiger partial charge in [0.15, 0.2) is 0 Å². The molecule has 32 heavy (non-hydrogen) atoms. The van der Waals surface area contributed by atoms with Crippen molar-refractivity contribution in [1.29, 1.82) is 0 Å². The largest absolute Gasteiger partial charge is 0.322 e. The van der Waals surface area contributed by atoms with Crippen LogP contribution in [-0.4, -0.2) is 33.0 Å². The highest BCUT2D eigenvalue weighted by Crippen LogP contribution is 2.34. The second-order valence-corrected chi connectivity index (χ2v) is 8.74. The van der Waals surface area contributed by atoms with Crippen molar-refractivity contribution in [3.63, 3.8) is 0 Å². The number of urea groups is 1. The van der Waals surface area contributed by atoms with Crippen LogP contribution in [0.3, 0.4) is 0 Å². The Morgan fingerprint density at radius 2 is 1.22 bits per heavy atom. The Bertz CT molecular complexity index is 1480. The highest BCUT2D eigenvalue weighted by atomic mass is 16.2. The van der Waals surface area contributed by atoms with Crippen LogP contribution in [0.5, 0.6) is 0 Å². The molecule has 1 heterocycles. The van der Waals surface area contributed by atoms with Crippen molar-refractivity contribution >= 4 is 55.3 Å². The van der Waals surface area contributed by atoms with E-state index in [4.69, 9.17) is 9.97 Å². The number of nitrogens with zero attached hydrogens (tertiary/aromatic N) is 3. The molecule has 0 atom stereocenters. The van der Waals surface area contributed by atoms with Crippen LogP contribution in [0.25, 0.3) is 43.6 Å². The molecule has 160 valence electrons. The summed E-state index contributed by atoms with van der Waals surface area (Å²) in [6.45, 7) is 8.08. The highest BCUT2D eigenvalue weighted by molar-refractivity contribution is 6.23. The van der Waals surface area contributed by atoms with Gasteiger partial charge in [-0.15, -0.1) is 0 Å². The van der Waals surface area contributed by atoms with E-state index in [9.17, 15) is 4.79 Å². The van der Waals surface area contributed by atoms with Gasteiger partial charge in [0.05, 0.1) is 22.1 Å². The SMILES string of the molecule is CC(C)N(C(=O)Nc1ccc2nc3c4ccccc4c4ccccc4c3nc2c1)C(C)C. The summed E-state index contributed by atoms with van der Waals surface area (Å²) in [5.41, 5.74) is 4.06. The van der Waals surface area contributed by atoms with Crippen LogP contribution in [0.15, 0.2) is 66.7 Å². The van der Waals surface area contributed by atoms with Crippen LogP contribution in [0.1, 0.15) is 27.7 Å². The fourth-order valence-corrected chi connectivity index (χ4v) is 4.61. The molecule has 0 aliphatic rings. The minimum Gasteiger partial charge on any atom is -0.320 e. The lowest BCUT2D eigenvalue weighted by atomic mass is 9.99. The number of carbonyl (C=O) groups is 1. The Morgan fingerprint density at radius 3 is 1.75 bits per heavy atom. The molecule has 0 saturated heterocycles. The molecule has 0 saturated carbocycles. The van der Waals surface area contributed by atoms with E-state index in [0.717, 1.165) is 32.8 Å². The molecule has 1 N–H and O–H groups in total. The molecule has 0 bridgehead atoms. The van der Waals surface area contributed by atoms with Crippen molar-refractivity contribution < 1.29 is 4.79 Å². The number of aromatic nitrogens is 2. The predicted molar refractivity (Wildman–Crippen MR) is 133 cm³/mol. The molecular formula is C27H26N4O. The van der Waals surface area contributed by atoms with Crippen LogP contribution in [0.4, 0.5) is 10.5 Å². The molecule has 0 spiro atoms. The number of amides is 2. The van der Waals surface area contributed by atoms with Gasteiger partial charge in [-0.05, 0) is 56.7 Å². The lowest BCUT2D eigenvalue weighted by Gasteiger charge is -2.30. The zero-order chi connectivity index (χ0) is 22.4. The van der Waals surface area contributed by atoms with Gasteiger partial charge >= 0.3 is 6.03 Å². The van der Waals surface area contributed by atoms with Gasteiger partial charge in [-0.3, -0.25) is 0 Å². The third kappa shape index (κ3) is 3.30. The van der Waals surface area contributed by atoms with Crippen molar-refractivity contribution in [2.24, 2.45) is 0 Å². The quantitative estimate of drug-likeness (QED) is 0.259. The number of rotatable bonds is 3. The summed E-state index contributed by atoms with van der Waals surface area (Å²) >= 11 is 0. The molecule has 5 heteroatoms. The Hall–Kier alpha value is -3.73. The van der Waals surface area contributed by atoms with E-state index in [1.54, 1.807) is 0 Å². The third-order valence-corrected chi connectivity index (χ3v) is 5.92. The summed E-state index contributed by atoms with van der Waals surface area (Å²) in [5, 5.41) is 7.55. The fraction of sp³-hybridized carbons (Fsp3) is 0.222. The minimum absolute atomic E-state index is 0.110. The minimum atomic E-state index is -0.112. The molecule has 5 nitrogen and oxygen atoms in total. The molecule has 0 unspecified atom stereocenters. The molecule has 0 fully saturated rings. The first kappa shape index (κ1) is 20.2. The summed E-state index contributed by atoms with van der Waals surface area (Å²) in [6, 6.07) is 22.5. The van der Waals surface area contributed by atoms with E-state index < -0.39 is 0 Å². The number of fused-ring (bicyclic) bond motifs is 7. The fourth-order valence-electron chi connectivity index (χ4n) is 4.61. The Balaban J connectivity index is 1.68. The van der Waals surface area contributed by atoms with Crippen LogP contribution in [0, 0.1) is 0 Å². The van der Waals surface area contributed by atoms with Gasteiger partial charge in [0.2, 0.25) is 0 Å². The lowest BCUT2D eigenvalue weighted by molar-refractivity contribution is 0.178. The average Bonchev–Trinajstić information content (AvgIpc) is 2.77. The molecule has 0 aliphatic carbocycles. The summed E-state index contributed by atoms with van der Waals surface area (Å²) in [5.74, 6) is 0. The van der Waals surface area contributed by atoms with Gasteiger partial charge in [-0.2, -0.15) is 0 Å². The summed E-state index contributed by atoms with van der Waals surface area (Å²) < 4.78 is 0. The van der Waals surface area contributed by atoms with Gasteiger partial charge in [0.25, 0.3) is 0 Å². The predicted octanol–water partition coefficient (Wildman–Crippen LogP) is 6.74. The summed E-state index contributed by atoms with van der Waals surface area (Å²) in [4.78, 5) is 24.7.